The average molecular weight is 370 g/mol. The Morgan fingerprint density at radius 3 is 2.44 bits per heavy atom. The van der Waals surface area contributed by atoms with E-state index in [9.17, 15) is 0 Å². The minimum atomic E-state index is 0.457. The molecule has 0 saturated carbocycles. The zero-order valence-electron chi connectivity index (χ0n) is 16.9. The van der Waals surface area contributed by atoms with Crippen molar-refractivity contribution in [3.05, 3.63) is 53.6 Å². The lowest BCUT2D eigenvalue weighted by molar-refractivity contribution is 0.245. The van der Waals surface area contributed by atoms with E-state index >= 15 is 0 Å². The molecule has 0 aliphatic carbocycles. The number of benzene rings is 2. The molecule has 1 fully saturated rings. The second-order valence-electron chi connectivity index (χ2n) is 7.59. The van der Waals surface area contributed by atoms with Crippen LogP contribution in [0.15, 0.2) is 42.5 Å². The SMILES string of the molecule is COc1ccc(C2CCCN2Cc2ccc(OCC(C)C)c(OC)c2)cc1. The first-order chi connectivity index (χ1) is 13.1. The highest BCUT2D eigenvalue weighted by molar-refractivity contribution is 5.43. The fourth-order valence-electron chi connectivity index (χ4n) is 3.64. The third-order valence-corrected chi connectivity index (χ3v) is 5.05. The van der Waals surface area contributed by atoms with Crippen molar-refractivity contribution in [2.75, 3.05) is 27.4 Å². The van der Waals surface area contributed by atoms with Crippen LogP contribution in [0.2, 0.25) is 0 Å². The smallest absolute Gasteiger partial charge is 0.161 e. The van der Waals surface area contributed by atoms with E-state index in [-0.39, 0.29) is 0 Å². The zero-order chi connectivity index (χ0) is 19.2. The first-order valence-electron chi connectivity index (χ1n) is 9.78. The Bertz CT molecular complexity index is 727. The predicted octanol–water partition coefficient (Wildman–Crippen LogP) is 5.08. The molecule has 0 amide bonds. The van der Waals surface area contributed by atoms with Crippen LogP contribution in [0.1, 0.15) is 43.9 Å². The first-order valence-corrected chi connectivity index (χ1v) is 9.78. The van der Waals surface area contributed by atoms with Crippen LogP contribution in [-0.4, -0.2) is 32.3 Å². The van der Waals surface area contributed by atoms with Crippen LogP contribution < -0.4 is 14.2 Å². The minimum Gasteiger partial charge on any atom is -0.497 e. The number of likely N-dealkylation sites (tertiary alicyclic amines) is 1. The van der Waals surface area contributed by atoms with E-state index in [0.717, 1.165) is 30.3 Å². The molecule has 1 unspecified atom stereocenters. The van der Waals surface area contributed by atoms with Gasteiger partial charge in [-0.1, -0.05) is 32.0 Å². The maximum atomic E-state index is 5.88. The number of ether oxygens (including phenoxy) is 3. The summed E-state index contributed by atoms with van der Waals surface area (Å²) in [7, 11) is 3.41. The molecule has 0 bridgehead atoms. The summed E-state index contributed by atoms with van der Waals surface area (Å²) in [6, 6.07) is 15.2. The highest BCUT2D eigenvalue weighted by atomic mass is 16.5. The summed E-state index contributed by atoms with van der Waals surface area (Å²) in [5.41, 5.74) is 2.61. The molecule has 1 heterocycles. The van der Waals surface area contributed by atoms with Gasteiger partial charge in [0.05, 0.1) is 20.8 Å². The van der Waals surface area contributed by atoms with Crippen LogP contribution in [0.4, 0.5) is 0 Å². The molecular weight excluding hydrogens is 338 g/mol. The molecule has 2 aromatic rings. The van der Waals surface area contributed by atoms with E-state index in [1.54, 1.807) is 14.2 Å². The maximum absolute atomic E-state index is 5.88. The van der Waals surface area contributed by atoms with E-state index in [4.69, 9.17) is 14.2 Å². The van der Waals surface area contributed by atoms with Crippen LogP contribution in [0.25, 0.3) is 0 Å². The quantitative estimate of drug-likeness (QED) is 0.650. The van der Waals surface area contributed by atoms with Gasteiger partial charge in [-0.2, -0.15) is 0 Å². The normalized spacial score (nSPS) is 17.3. The Morgan fingerprint density at radius 1 is 1.00 bits per heavy atom. The summed E-state index contributed by atoms with van der Waals surface area (Å²) in [4.78, 5) is 2.55. The van der Waals surface area contributed by atoms with Crippen molar-refractivity contribution >= 4 is 0 Å². The molecule has 146 valence electrons. The van der Waals surface area contributed by atoms with Crippen molar-refractivity contribution < 1.29 is 14.2 Å². The van der Waals surface area contributed by atoms with Gasteiger partial charge in [0.15, 0.2) is 11.5 Å². The standard InChI is InChI=1S/C23H31NO3/c1-17(2)16-27-22-12-7-18(14-23(22)26-4)15-24-13-5-6-21(24)19-8-10-20(25-3)11-9-19/h7-12,14,17,21H,5-6,13,15-16H2,1-4H3. The number of nitrogens with zero attached hydrogens (tertiary/aromatic N) is 1. The van der Waals surface area contributed by atoms with Gasteiger partial charge in [-0.15, -0.1) is 0 Å². The first kappa shape index (κ1) is 19.6. The average Bonchev–Trinajstić information content (AvgIpc) is 3.14. The number of rotatable bonds is 8. The fraction of sp³-hybridized carbons (Fsp3) is 0.478. The molecule has 0 radical (unpaired) electrons. The molecule has 2 aromatic carbocycles. The van der Waals surface area contributed by atoms with Crippen LogP contribution >= 0.6 is 0 Å². The molecule has 1 aliphatic heterocycles. The molecule has 4 heteroatoms. The van der Waals surface area contributed by atoms with Gasteiger partial charge in [-0.3, -0.25) is 4.90 Å². The van der Waals surface area contributed by atoms with Crippen molar-refractivity contribution in [2.24, 2.45) is 5.92 Å². The summed E-state index contributed by atoms with van der Waals surface area (Å²) in [6.45, 7) is 7.02. The van der Waals surface area contributed by atoms with Gasteiger partial charge in [0.2, 0.25) is 0 Å². The van der Waals surface area contributed by atoms with Gasteiger partial charge < -0.3 is 14.2 Å². The summed E-state index contributed by atoms with van der Waals surface area (Å²) < 4.78 is 16.7. The Labute approximate surface area is 163 Å². The van der Waals surface area contributed by atoms with Gasteiger partial charge in [0.25, 0.3) is 0 Å². The summed E-state index contributed by atoms with van der Waals surface area (Å²) >= 11 is 0. The molecule has 0 spiro atoms. The minimum absolute atomic E-state index is 0.457. The molecule has 4 nitrogen and oxygen atoms in total. The lowest BCUT2D eigenvalue weighted by Gasteiger charge is -2.25. The fourth-order valence-corrected chi connectivity index (χ4v) is 3.64. The second-order valence-corrected chi connectivity index (χ2v) is 7.59. The molecule has 27 heavy (non-hydrogen) atoms. The van der Waals surface area contributed by atoms with E-state index in [1.165, 1.54) is 24.0 Å². The summed E-state index contributed by atoms with van der Waals surface area (Å²) in [5, 5.41) is 0. The lowest BCUT2D eigenvalue weighted by Crippen LogP contribution is -2.22. The largest absolute Gasteiger partial charge is 0.497 e. The zero-order valence-corrected chi connectivity index (χ0v) is 16.9. The number of methoxy groups -OCH3 is 2. The van der Waals surface area contributed by atoms with E-state index in [2.05, 4.69) is 55.1 Å². The number of hydrogen-bond acceptors (Lipinski definition) is 4. The van der Waals surface area contributed by atoms with Gasteiger partial charge in [-0.05, 0) is 60.7 Å². The maximum Gasteiger partial charge on any atom is 0.161 e. The highest BCUT2D eigenvalue weighted by Gasteiger charge is 2.26. The van der Waals surface area contributed by atoms with Crippen LogP contribution in [0.5, 0.6) is 17.2 Å². The Kier molecular flexibility index (Phi) is 6.62. The summed E-state index contributed by atoms with van der Waals surface area (Å²) in [5.74, 6) is 3.03. The molecule has 0 N–H and O–H groups in total. The van der Waals surface area contributed by atoms with Crippen LogP contribution in [0.3, 0.4) is 0 Å². The van der Waals surface area contributed by atoms with Crippen LogP contribution in [0, 0.1) is 5.92 Å². The molecule has 3 rings (SSSR count). The van der Waals surface area contributed by atoms with Gasteiger partial charge in [0.1, 0.15) is 5.75 Å². The number of hydrogen-bond donors (Lipinski definition) is 0. The van der Waals surface area contributed by atoms with E-state index in [0.29, 0.717) is 18.6 Å². The van der Waals surface area contributed by atoms with Crippen molar-refractivity contribution in [1.29, 1.82) is 0 Å². The van der Waals surface area contributed by atoms with Crippen molar-refractivity contribution in [2.45, 2.75) is 39.3 Å². The Hall–Kier alpha value is -2.20. The third-order valence-electron chi connectivity index (χ3n) is 5.05. The van der Waals surface area contributed by atoms with Crippen LogP contribution in [-0.2, 0) is 6.54 Å². The molecule has 1 aliphatic rings. The monoisotopic (exact) mass is 369 g/mol. The topological polar surface area (TPSA) is 30.9 Å². The highest BCUT2D eigenvalue weighted by Crippen LogP contribution is 2.35. The Balaban J connectivity index is 1.71. The lowest BCUT2D eigenvalue weighted by atomic mass is 10.0. The third kappa shape index (κ3) is 4.95. The van der Waals surface area contributed by atoms with Crippen molar-refractivity contribution in [3.8, 4) is 17.2 Å². The van der Waals surface area contributed by atoms with Crippen molar-refractivity contribution in [1.82, 2.24) is 4.90 Å². The van der Waals surface area contributed by atoms with Gasteiger partial charge in [-0.25, -0.2) is 0 Å². The Morgan fingerprint density at radius 2 is 1.78 bits per heavy atom. The second kappa shape index (κ2) is 9.14. The molecule has 1 saturated heterocycles. The van der Waals surface area contributed by atoms with Crippen molar-refractivity contribution in [3.63, 3.8) is 0 Å². The molecule has 0 aromatic heterocycles. The van der Waals surface area contributed by atoms with E-state index < -0.39 is 0 Å². The molecular formula is C23H31NO3. The molecule has 1 atom stereocenters. The summed E-state index contributed by atoms with van der Waals surface area (Å²) in [6.07, 6.45) is 2.42. The van der Waals surface area contributed by atoms with E-state index in [1.807, 2.05) is 6.07 Å². The van der Waals surface area contributed by atoms with Gasteiger partial charge in [0, 0.05) is 12.6 Å². The van der Waals surface area contributed by atoms with Gasteiger partial charge >= 0.3 is 0 Å². The predicted molar refractivity (Wildman–Crippen MR) is 109 cm³/mol.